The first kappa shape index (κ1) is 48.2. The highest BCUT2D eigenvalue weighted by Gasteiger charge is 2.69. The minimum atomic E-state index is -1.56. The van der Waals surface area contributed by atoms with Crippen LogP contribution in [0.4, 0.5) is 0 Å². The molecule has 0 aromatic heterocycles. The maximum Gasteiger partial charge on any atom is 0.310 e. The Balaban J connectivity index is 1.04. The molecule has 7 aliphatic rings. The molecule has 6 fully saturated rings. The minimum Gasteiger partial charge on any atom is -0.481 e. The van der Waals surface area contributed by atoms with Crippen molar-refractivity contribution < 1.29 is 59.2 Å². The molecule has 2 saturated heterocycles. The smallest absolute Gasteiger partial charge is 0.310 e. The zero-order chi connectivity index (χ0) is 46.4. The summed E-state index contributed by atoms with van der Waals surface area (Å²) in [7, 11) is 0. The van der Waals surface area contributed by atoms with E-state index in [9.17, 15) is 40.2 Å². The summed E-state index contributed by atoms with van der Waals surface area (Å²) in [6.07, 6.45) is 2.60. The Hall–Kier alpha value is -2.24. The number of carbonyl (C=O) groups excluding carboxylic acids is 1. The second-order valence-electron chi connectivity index (χ2n) is 22.7. The van der Waals surface area contributed by atoms with Gasteiger partial charge in [0.25, 0.3) is 0 Å². The van der Waals surface area contributed by atoms with Gasteiger partial charge in [-0.1, -0.05) is 88.2 Å². The molecule has 0 unspecified atom stereocenters. The molecule has 0 spiro atoms. The molecule has 4 saturated carbocycles. The number of rotatable bonds is 9. The topological polar surface area (TPSA) is 204 Å². The van der Waals surface area contributed by atoms with Crippen LogP contribution in [0.1, 0.15) is 118 Å². The summed E-state index contributed by atoms with van der Waals surface area (Å²) in [6, 6.07) is 6.28. The van der Waals surface area contributed by atoms with Crippen LogP contribution in [0, 0.1) is 50.2 Å². The van der Waals surface area contributed by atoms with E-state index in [1.54, 1.807) is 6.08 Å². The molecule has 0 bridgehead atoms. The highest BCUT2D eigenvalue weighted by atomic mass is 79.9. The number of amides is 1. The Labute approximate surface area is 386 Å². The number of carbonyl (C=O) groups is 2. The van der Waals surface area contributed by atoms with Crippen molar-refractivity contribution in [3.05, 3.63) is 52.0 Å². The third-order valence-electron chi connectivity index (χ3n) is 18.5. The number of aliphatic hydroxyl groups excluding tert-OH is 5. The van der Waals surface area contributed by atoms with E-state index in [1.807, 2.05) is 24.3 Å². The van der Waals surface area contributed by atoms with Gasteiger partial charge in [-0.2, -0.15) is 0 Å². The fraction of sp³-hybridized carbons (Fsp3) is 0.760. The van der Waals surface area contributed by atoms with E-state index in [0.717, 1.165) is 61.4 Å². The molecule has 17 atom stereocenters. The van der Waals surface area contributed by atoms with Crippen molar-refractivity contribution in [3.8, 4) is 0 Å². The van der Waals surface area contributed by atoms with Crippen LogP contribution < -0.4 is 5.32 Å². The second-order valence-corrected chi connectivity index (χ2v) is 23.6. The van der Waals surface area contributed by atoms with Crippen LogP contribution in [-0.4, -0.2) is 117 Å². The minimum absolute atomic E-state index is 0.0270. The first-order chi connectivity index (χ1) is 30.0. The van der Waals surface area contributed by atoms with Crippen molar-refractivity contribution in [2.45, 2.75) is 174 Å². The summed E-state index contributed by atoms with van der Waals surface area (Å²) in [5.74, 6) is -0.490. The van der Waals surface area contributed by atoms with E-state index in [-0.39, 0.29) is 58.2 Å². The lowest BCUT2D eigenvalue weighted by Gasteiger charge is -2.71. The SMILES string of the molecule is CC1(C)CC[C@]2(C(=O)O)CC[C@]3(C)C(=CC[C@@H]4[C@@]5(C)CC[C@H](O[C@@H]6O[C@H](CO[C@@H]7OC[C@H](O)[C@H](O)[C@H]7O)[C@@H](O)[C@H](O)[C@H]6NC(=O)/C=C/c6cccc(Br)c6)C(C)(C)[C@@H]5CC[C@]43C)[C@@H]2C1. The highest BCUT2D eigenvalue weighted by Crippen LogP contribution is 2.76. The number of carboxylic acid groups (broad SMARTS) is 1. The molecule has 1 amide bonds. The fourth-order valence-corrected chi connectivity index (χ4v) is 14.9. The zero-order valence-corrected chi connectivity index (χ0v) is 40.1. The van der Waals surface area contributed by atoms with Crippen LogP contribution in [0.25, 0.3) is 6.08 Å². The number of nitrogens with one attached hydrogen (secondary N) is 1. The number of fused-ring (bicyclic) bond motifs is 7. The fourth-order valence-electron chi connectivity index (χ4n) is 14.5. The Morgan fingerprint density at radius 2 is 1.61 bits per heavy atom. The Morgan fingerprint density at radius 3 is 2.33 bits per heavy atom. The Kier molecular flexibility index (Phi) is 13.1. The quantitative estimate of drug-likeness (QED) is 0.0850. The number of ether oxygens (including phenoxy) is 4. The van der Waals surface area contributed by atoms with Crippen molar-refractivity contribution in [2.75, 3.05) is 13.2 Å². The second kappa shape index (κ2) is 17.4. The summed E-state index contributed by atoms with van der Waals surface area (Å²) in [4.78, 5) is 26.7. The molecule has 64 heavy (non-hydrogen) atoms. The molecular weight excluding hydrogens is 886 g/mol. The lowest BCUT2D eigenvalue weighted by molar-refractivity contribution is -0.322. The van der Waals surface area contributed by atoms with Gasteiger partial charge in [-0.25, -0.2) is 0 Å². The lowest BCUT2D eigenvalue weighted by atomic mass is 9.33. The molecule has 1 aromatic rings. The van der Waals surface area contributed by atoms with E-state index in [2.05, 4.69) is 75.8 Å². The van der Waals surface area contributed by atoms with Crippen LogP contribution in [0.3, 0.4) is 0 Å². The van der Waals surface area contributed by atoms with Gasteiger partial charge in [0.05, 0.1) is 24.7 Å². The van der Waals surface area contributed by atoms with Gasteiger partial charge < -0.3 is 54.9 Å². The van der Waals surface area contributed by atoms with E-state index < -0.39 is 72.5 Å². The monoisotopic (exact) mass is 957 g/mol. The number of aliphatic carboxylic acids is 1. The summed E-state index contributed by atoms with van der Waals surface area (Å²) in [5.41, 5.74) is 0.993. The largest absolute Gasteiger partial charge is 0.481 e. The van der Waals surface area contributed by atoms with E-state index >= 15 is 0 Å². The van der Waals surface area contributed by atoms with Gasteiger partial charge in [0.1, 0.15) is 42.7 Å². The molecule has 14 heteroatoms. The van der Waals surface area contributed by atoms with Crippen LogP contribution >= 0.6 is 15.9 Å². The zero-order valence-electron chi connectivity index (χ0n) is 38.5. The lowest BCUT2D eigenvalue weighted by Crippen LogP contribution is -2.67. The maximum absolute atomic E-state index is 13.5. The van der Waals surface area contributed by atoms with E-state index in [1.165, 1.54) is 11.6 Å². The number of hydrogen-bond acceptors (Lipinski definition) is 11. The van der Waals surface area contributed by atoms with Crippen LogP contribution in [0.15, 0.2) is 46.5 Å². The third kappa shape index (κ3) is 8.08. The van der Waals surface area contributed by atoms with Crippen molar-refractivity contribution in [1.29, 1.82) is 0 Å². The molecule has 1 aromatic carbocycles. The van der Waals surface area contributed by atoms with Gasteiger partial charge >= 0.3 is 5.97 Å². The number of allylic oxidation sites excluding steroid dienone is 2. The Bertz CT molecular complexity index is 1990. The predicted octanol–water partition coefficient (Wildman–Crippen LogP) is 6.12. The number of benzene rings is 1. The molecular formula is C50H72BrNO12. The average Bonchev–Trinajstić information content (AvgIpc) is 3.22. The average molecular weight is 959 g/mol. The number of halogens is 1. The summed E-state index contributed by atoms with van der Waals surface area (Å²) >= 11 is 3.46. The predicted molar refractivity (Wildman–Crippen MR) is 241 cm³/mol. The van der Waals surface area contributed by atoms with Crippen molar-refractivity contribution in [2.24, 2.45) is 50.2 Å². The molecule has 5 aliphatic carbocycles. The molecule has 8 rings (SSSR count). The number of aliphatic hydroxyl groups is 5. The van der Waals surface area contributed by atoms with Gasteiger partial charge in [0.15, 0.2) is 12.6 Å². The summed E-state index contributed by atoms with van der Waals surface area (Å²) in [6.45, 7) is 15.9. The maximum atomic E-state index is 13.5. The summed E-state index contributed by atoms with van der Waals surface area (Å²) < 4.78 is 25.5. The standard InChI is InChI=1S/C50H72BrNO12/c1-45(2)19-21-50(44(59)60)22-20-48(6)29(30(50)24-45)12-13-34-47(5)17-16-35(46(3,4)33(47)15-18-49(34,48)7)64-42-37(52-36(54)14-11-27-9-8-10-28(51)23-27)40(57)39(56)32(63-42)26-62-43-41(58)38(55)31(53)25-61-43/h8-12,14,23,30-35,37-43,53,55-58H,13,15-22,24-26H2,1-7H3,(H,52,54)(H,59,60)/b14-11+/t30-,31-,32+,33-,34+,35-,37+,38-,39+,40+,41+,42-,43-,47-,48+,49+,50-/m0/s1. The van der Waals surface area contributed by atoms with Crippen LogP contribution in [0.5, 0.6) is 0 Å². The molecule has 2 heterocycles. The Morgan fingerprint density at radius 1 is 0.875 bits per heavy atom. The molecule has 356 valence electrons. The highest BCUT2D eigenvalue weighted by molar-refractivity contribution is 9.10. The van der Waals surface area contributed by atoms with E-state index in [4.69, 9.17) is 18.9 Å². The summed E-state index contributed by atoms with van der Waals surface area (Å²) in [5, 5.41) is 67.5. The third-order valence-corrected chi connectivity index (χ3v) is 19.0. The molecule has 0 radical (unpaired) electrons. The van der Waals surface area contributed by atoms with Gasteiger partial charge in [0.2, 0.25) is 5.91 Å². The van der Waals surface area contributed by atoms with Crippen molar-refractivity contribution in [3.63, 3.8) is 0 Å². The first-order valence-corrected chi connectivity index (χ1v) is 24.4. The number of hydrogen-bond donors (Lipinski definition) is 7. The normalized spacial score (nSPS) is 46.1. The van der Waals surface area contributed by atoms with Gasteiger partial charge in [-0.3, -0.25) is 9.59 Å². The van der Waals surface area contributed by atoms with Gasteiger partial charge in [-0.05, 0) is 133 Å². The van der Waals surface area contributed by atoms with Crippen molar-refractivity contribution >= 4 is 33.9 Å². The van der Waals surface area contributed by atoms with Gasteiger partial charge in [0, 0.05) is 10.5 Å². The first-order valence-electron chi connectivity index (χ1n) is 23.6. The van der Waals surface area contributed by atoms with Crippen LogP contribution in [-0.2, 0) is 28.5 Å². The molecule has 13 nitrogen and oxygen atoms in total. The number of carboxylic acids is 1. The van der Waals surface area contributed by atoms with Crippen molar-refractivity contribution in [1.82, 2.24) is 5.32 Å². The van der Waals surface area contributed by atoms with E-state index in [0.29, 0.717) is 18.8 Å². The molecule has 7 N–H and O–H groups in total. The molecule has 2 aliphatic heterocycles. The van der Waals surface area contributed by atoms with Gasteiger partial charge in [-0.15, -0.1) is 0 Å². The van der Waals surface area contributed by atoms with Crippen LogP contribution in [0.2, 0.25) is 0 Å².